The van der Waals surface area contributed by atoms with Gasteiger partial charge >= 0.3 is 0 Å². The number of carbonyl (C=O) groups excluding carboxylic acids is 1. The molecule has 1 aliphatic rings. The van der Waals surface area contributed by atoms with Crippen LogP contribution in [0.2, 0.25) is 0 Å². The second-order valence-electron chi connectivity index (χ2n) is 5.87. The molecular weight excluding hydrogens is 293 g/mol. The number of halogens is 1. The molecule has 0 fully saturated rings. The molecule has 3 aromatic rings. The van der Waals surface area contributed by atoms with Gasteiger partial charge in [0.1, 0.15) is 5.82 Å². The van der Waals surface area contributed by atoms with Gasteiger partial charge in [-0.05, 0) is 36.5 Å². The molecule has 1 atom stereocenters. The third-order valence-electron chi connectivity index (χ3n) is 4.43. The van der Waals surface area contributed by atoms with Crippen LogP contribution in [0, 0.1) is 5.82 Å². The molecule has 0 spiro atoms. The van der Waals surface area contributed by atoms with E-state index < -0.39 is 11.7 Å². The number of amides is 1. The first-order chi connectivity index (χ1) is 11.2. The first-order valence-corrected chi connectivity index (χ1v) is 7.73. The maximum atomic E-state index is 14.2. The van der Waals surface area contributed by atoms with Crippen molar-refractivity contribution in [3.8, 4) is 0 Å². The zero-order valence-electron chi connectivity index (χ0n) is 12.5. The number of aromatic nitrogens is 2. The standard InChI is InChI=1S/C18H16FN3O/c19-14-9-17-16(20-10-21-17)8-13(14)18(23)22-15-7-3-5-11-4-1-2-6-12(11)15/h1-2,4,6,8-10,15H,3,5,7H2,(H,20,21)(H,22,23)/t15-/m0/s1. The van der Waals surface area contributed by atoms with Crippen LogP contribution < -0.4 is 5.32 Å². The SMILES string of the molecule is O=C(N[C@H]1CCCc2ccccc21)c1cc2nc[nH]c2cc1F. The minimum Gasteiger partial charge on any atom is -0.345 e. The van der Waals surface area contributed by atoms with Gasteiger partial charge < -0.3 is 10.3 Å². The Morgan fingerprint density at radius 3 is 3.09 bits per heavy atom. The van der Waals surface area contributed by atoms with Gasteiger partial charge in [-0.25, -0.2) is 9.37 Å². The molecule has 1 amide bonds. The van der Waals surface area contributed by atoms with Crippen LogP contribution in [0.3, 0.4) is 0 Å². The zero-order chi connectivity index (χ0) is 15.8. The second-order valence-corrected chi connectivity index (χ2v) is 5.87. The minimum atomic E-state index is -0.539. The predicted octanol–water partition coefficient (Wildman–Crippen LogP) is 3.51. The molecule has 5 heteroatoms. The molecule has 0 saturated carbocycles. The lowest BCUT2D eigenvalue weighted by Crippen LogP contribution is -2.31. The van der Waals surface area contributed by atoms with Crippen LogP contribution in [-0.4, -0.2) is 15.9 Å². The highest BCUT2D eigenvalue weighted by molar-refractivity contribution is 5.97. The summed E-state index contributed by atoms with van der Waals surface area (Å²) in [4.78, 5) is 19.4. The summed E-state index contributed by atoms with van der Waals surface area (Å²) in [7, 11) is 0. The number of fused-ring (bicyclic) bond motifs is 2. The summed E-state index contributed by atoms with van der Waals surface area (Å²) in [5.41, 5.74) is 3.59. The smallest absolute Gasteiger partial charge is 0.254 e. The van der Waals surface area contributed by atoms with Gasteiger partial charge in [-0.1, -0.05) is 24.3 Å². The second kappa shape index (κ2) is 5.50. The van der Waals surface area contributed by atoms with E-state index in [0.29, 0.717) is 11.0 Å². The molecule has 23 heavy (non-hydrogen) atoms. The van der Waals surface area contributed by atoms with E-state index in [1.807, 2.05) is 18.2 Å². The quantitative estimate of drug-likeness (QED) is 0.761. The number of H-pyrrole nitrogens is 1. The minimum absolute atomic E-state index is 0.0349. The van der Waals surface area contributed by atoms with E-state index in [1.54, 1.807) is 0 Å². The van der Waals surface area contributed by atoms with E-state index in [-0.39, 0.29) is 11.6 Å². The summed E-state index contributed by atoms with van der Waals surface area (Å²) in [6.07, 6.45) is 4.40. The van der Waals surface area contributed by atoms with Crippen LogP contribution in [0.4, 0.5) is 4.39 Å². The summed E-state index contributed by atoms with van der Waals surface area (Å²) in [6.45, 7) is 0. The molecule has 4 nitrogen and oxygen atoms in total. The predicted molar refractivity (Wildman–Crippen MR) is 85.6 cm³/mol. The van der Waals surface area contributed by atoms with Crippen molar-refractivity contribution in [3.63, 3.8) is 0 Å². The van der Waals surface area contributed by atoms with Gasteiger partial charge in [0.05, 0.1) is 29.0 Å². The largest absolute Gasteiger partial charge is 0.345 e. The number of nitrogens with zero attached hydrogens (tertiary/aromatic N) is 1. The van der Waals surface area contributed by atoms with E-state index >= 15 is 0 Å². The fraction of sp³-hybridized carbons (Fsp3) is 0.222. The summed E-state index contributed by atoms with van der Waals surface area (Å²) in [5, 5.41) is 2.97. The Bertz CT molecular complexity index is 887. The van der Waals surface area contributed by atoms with Crippen molar-refractivity contribution in [2.45, 2.75) is 25.3 Å². The molecule has 0 aliphatic heterocycles. The number of aromatic amines is 1. The molecule has 116 valence electrons. The van der Waals surface area contributed by atoms with Crippen LogP contribution in [0.25, 0.3) is 11.0 Å². The Balaban J connectivity index is 1.64. The topological polar surface area (TPSA) is 57.8 Å². The summed E-state index contributed by atoms with van der Waals surface area (Å²) < 4.78 is 14.2. The molecule has 0 radical (unpaired) electrons. The average molecular weight is 309 g/mol. The highest BCUT2D eigenvalue weighted by Gasteiger charge is 2.23. The summed E-state index contributed by atoms with van der Waals surface area (Å²) in [5.74, 6) is -0.933. The van der Waals surface area contributed by atoms with Crippen LogP contribution in [0.1, 0.15) is 40.4 Å². The lowest BCUT2D eigenvalue weighted by molar-refractivity contribution is 0.0929. The number of aryl methyl sites for hydroxylation is 1. The van der Waals surface area contributed by atoms with Crippen LogP contribution in [0.15, 0.2) is 42.7 Å². The van der Waals surface area contributed by atoms with Crippen molar-refractivity contribution in [3.05, 3.63) is 65.2 Å². The fourth-order valence-electron chi connectivity index (χ4n) is 3.27. The molecule has 2 aromatic carbocycles. The fourth-order valence-corrected chi connectivity index (χ4v) is 3.27. The molecule has 4 rings (SSSR count). The summed E-state index contributed by atoms with van der Waals surface area (Å²) >= 11 is 0. The van der Waals surface area contributed by atoms with Crippen molar-refractivity contribution in [1.29, 1.82) is 0 Å². The molecule has 0 saturated heterocycles. The van der Waals surface area contributed by atoms with Crippen molar-refractivity contribution < 1.29 is 9.18 Å². The lowest BCUT2D eigenvalue weighted by atomic mass is 9.87. The number of hydrogen-bond donors (Lipinski definition) is 2. The highest BCUT2D eigenvalue weighted by Crippen LogP contribution is 2.30. The Morgan fingerprint density at radius 2 is 2.17 bits per heavy atom. The maximum absolute atomic E-state index is 14.2. The zero-order valence-corrected chi connectivity index (χ0v) is 12.5. The number of benzene rings is 2. The van der Waals surface area contributed by atoms with E-state index in [0.717, 1.165) is 24.8 Å². The Labute approximate surface area is 132 Å². The van der Waals surface area contributed by atoms with Gasteiger partial charge in [0.2, 0.25) is 0 Å². The van der Waals surface area contributed by atoms with Gasteiger partial charge in [0.15, 0.2) is 0 Å². The van der Waals surface area contributed by atoms with E-state index in [4.69, 9.17) is 0 Å². The first kappa shape index (κ1) is 13.9. The van der Waals surface area contributed by atoms with E-state index in [2.05, 4.69) is 21.4 Å². The monoisotopic (exact) mass is 309 g/mol. The molecule has 1 heterocycles. The van der Waals surface area contributed by atoms with Crippen molar-refractivity contribution in [2.24, 2.45) is 0 Å². The van der Waals surface area contributed by atoms with Crippen LogP contribution >= 0.6 is 0 Å². The van der Waals surface area contributed by atoms with Gasteiger partial charge in [0.25, 0.3) is 5.91 Å². The van der Waals surface area contributed by atoms with E-state index in [1.165, 1.54) is 24.0 Å². The average Bonchev–Trinajstić information content (AvgIpc) is 3.01. The highest BCUT2D eigenvalue weighted by atomic mass is 19.1. The maximum Gasteiger partial charge on any atom is 0.254 e. The molecule has 0 bridgehead atoms. The van der Waals surface area contributed by atoms with E-state index in [9.17, 15) is 9.18 Å². The Kier molecular flexibility index (Phi) is 3.33. The first-order valence-electron chi connectivity index (χ1n) is 7.73. The van der Waals surface area contributed by atoms with Crippen LogP contribution in [0.5, 0.6) is 0 Å². The molecule has 1 aliphatic carbocycles. The van der Waals surface area contributed by atoms with Crippen molar-refractivity contribution >= 4 is 16.9 Å². The molecule has 1 aromatic heterocycles. The number of hydrogen-bond acceptors (Lipinski definition) is 2. The van der Waals surface area contributed by atoms with Gasteiger partial charge in [0, 0.05) is 6.07 Å². The third-order valence-corrected chi connectivity index (χ3v) is 4.43. The van der Waals surface area contributed by atoms with Crippen molar-refractivity contribution in [2.75, 3.05) is 0 Å². The Hall–Kier alpha value is -2.69. The molecular formula is C18H16FN3O. The normalized spacial score (nSPS) is 17.0. The number of carbonyl (C=O) groups is 1. The molecule has 0 unspecified atom stereocenters. The number of nitrogens with one attached hydrogen (secondary N) is 2. The van der Waals surface area contributed by atoms with Crippen LogP contribution in [-0.2, 0) is 6.42 Å². The number of rotatable bonds is 2. The number of imidazole rings is 1. The molecule has 2 N–H and O–H groups in total. The van der Waals surface area contributed by atoms with Gasteiger partial charge in [-0.3, -0.25) is 4.79 Å². The Morgan fingerprint density at radius 1 is 1.30 bits per heavy atom. The third kappa shape index (κ3) is 2.48. The lowest BCUT2D eigenvalue weighted by Gasteiger charge is -2.26. The summed E-state index contributed by atoms with van der Waals surface area (Å²) in [6, 6.07) is 10.8. The van der Waals surface area contributed by atoms with Gasteiger partial charge in [-0.2, -0.15) is 0 Å². The van der Waals surface area contributed by atoms with Gasteiger partial charge in [-0.15, -0.1) is 0 Å². The van der Waals surface area contributed by atoms with Crippen molar-refractivity contribution in [1.82, 2.24) is 15.3 Å².